The fraction of sp³-hybridized carbons (Fsp3) is 0.0769. The number of nitrogen functional groups attached to an aromatic ring is 1. The molecule has 2 amide bonds. The zero-order chi connectivity index (χ0) is 25.7. The number of carbonyl (C=O) groups excluding carboxylic acids is 1. The summed E-state index contributed by atoms with van der Waals surface area (Å²) in [5.74, 6) is -0.112. The van der Waals surface area contributed by atoms with Crippen molar-refractivity contribution in [2.75, 3.05) is 16.4 Å². The van der Waals surface area contributed by atoms with Gasteiger partial charge in [-0.2, -0.15) is 5.10 Å². The molecule has 10 heteroatoms. The molecule has 1 aromatic heterocycles. The third-order valence-corrected chi connectivity index (χ3v) is 5.38. The van der Waals surface area contributed by atoms with Gasteiger partial charge in [0.2, 0.25) is 5.96 Å². The number of amides is 2. The number of guanidine groups is 1. The van der Waals surface area contributed by atoms with Gasteiger partial charge in [-0.15, -0.1) is 5.10 Å². The first-order valence-electron chi connectivity index (χ1n) is 11.1. The normalized spacial score (nSPS) is 11.8. The van der Waals surface area contributed by atoms with E-state index in [0.717, 1.165) is 27.5 Å². The maximum Gasteiger partial charge on any atom is 0.323 e. The fourth-order valence-corrected chi connectivity index (χ4v) is 3.55. The van der Waals surface area contributed by atoms with Gasteiger partial charge < -0.3 is 32.4 Å². The van der Waals surface area contributed by atoms with E-state index in [1.165, 1.54) is 0 Å². The van der Waals surface area contributed by atoms with E-state index < -0.39 is 0 Å². The molecular formula is C26H27N9O. The SMILES string of the molecule is C/C(=N\N=C(N)N)c1ccc(NC(=O)Nc2ccc(N=c3ccn(C)c4ccc(N)cc34)cc2)cc1. The molecule has 0 aliphatic carbocycles. The molecule has 8 N–H and O–H groups in total. The van der Waals surface area contributed by atoms with Crippen molar-refractivity contribution in [3.05, 3.63) is 89.9 Å². The summed E-state index contributed by atoms with van der Waals surface area (Å²) < 4.78 is 2.02. The van der Waals surface area contributed by atoms with E-state index in [2.05, 4.69) is 20.8 Å². The number of nitrogens with zero attached hydrogens (tertiary/aromatic N) is 4. The molecule has 0 aliphatic heterocycles. The average Bonchev–Trinajstić information content (AvgIpc) is 2.86. The summed E-state index contributed by atoms with van der Waals surface area (Å²) in [5.41, 5.74) is 21.8. The number of rotatable bonds is 5. The van der Waals surface area contributed by atoms with Crippen LogP contribution in [0.1, 0.15) is 12.5 Å². The molecule has 0 saturated heterocycles. The largest absolute Gasteiger partial charge is 0.399 e. The Morgan fingerprint density at radius 3 is 2.14 bits per heavy atom. The second-order valence-corrected chi connectivity index (χ2v) is 8.11. The van der Waals surface area contributed by atoms with Crippen molar-refractivity contribution in [2.24, 2.45) is 33.7 Å². The van der Waals surface area contributed by atoms with Gasteiger partial charge in [0.1, 0.15) is 0 Å². The number of fused-ring (bicyclic) bond motifs is 1. The zero-order valence-electron chi connectivity index (χ0n) is 19.9. The van der Waals surface area contributed by atoms with Gasteiger partial charge in [0, 0.05) is 35.7 Å². The molecule has 36 heavy (non-hydrogen) atoms. The van der Waals surface area contributed by atoms with Crippen LogP contribution in [0.4, 0.5) is 27.5 Å². The third-order valence-electron chi connectivity index (χ3n) is 5.38. The van der Waals surface area contributed by atoms with Crippen LogP contribution in [-0.4, -0.2) is 22.3 Å². The number of nitrogens with one attached hydrogen (secondary N) is 2. The Hall–Kier alpha value is -5.12. The van der Waals surface area contributed by atoms with Gasteiger partial charge >= 0.3 is 6.03 Å². The smallest absolute Gasteiger partial charge is 0.323 e. The molecule has 0 unspecified atom stereocenters. The maximum atomic E-state index is 12.4. The number of pyridine rings is 1. The number of aryl methyl sites for hydroxylation is 1. The Morgan fingerprint density at radius 2 is 1.50 bits per heavy atom. The number of urea groups is 1. The Balaban J connectivity index is 1.44. The van der Waals surface area contributed by atoms with Crippen LogP contribution in [0.3, 0.4) is 0 Å². The van der Waals surface area contributed by atoms with Crippen molar-refractivity contribution in [3.8, 4) is 0 Å². The minimum atomic E-state index is -0.365. The second kappa shape index (κ2) is 10.4. The highest BCUT2D eigenvalue weighted by atomic mass is 16.2. The van der Waals surface area contributed by atoms with Crippen LogP contribution < -0.4 is 33.2 Å². The molecule has 0 saturated carbocycles. The van der Waals surface area contributed by atoms with Gasteiger partial charge in [0.05, 0.1) is 22.3 Å². The number of carbonyl (C=O) groups is 1. The summed E-state index contributed by atoms with van der Waals surface area (Å²) in [6.45, 7) is 1.78. The summed E-state index contributed by atoms with van der Waals surface area (Å²) in [5, 5.41) is 15.0. The lowest BCUT2D eigenvalue weighted by molar-refractivity contribution is 0.262. The lowest BCUT2D eigenvalue weighted by atomic mass is 10.1. The zero-order valence-corrected chi connectivity index (χ0v) is 19.9. The van der Waals surface area contributed by atoms with Crippen LogP contribution in [0, 0.1) is 0 Å². The van der Waals surface area contributed by atoms with E-state index in [4.69, 9.17) is 22.2 Å². The molecule has 3 aromatic carbocycles. The van der Waals surface area contributed by atoms with Gasteiger partial charge in [0.15, 0.2) is 0 Å². The molecule has 0 bridgehead atoms. The first kappa shape index (κ1) is 24.0. The van der Waals surface area contributed by atoms with Crippen molar-refractivity contribution in [1.29, 1.82) is 0 Å². The highest BCUT2D eigenvalue weighted by Gasteiger charge is 2.05. The van der Waals surface area contributed by atoms with Crippen LogP contribution in [0.2, 0.25) is 0 Å². The van der Waals surface area contributed by atoms with Gasteiger partial charge in [-0.3, -0.25) is 0 Å². The van der Waals surface area contributed by atoms with Crippen molar-refractivity contribution in [1.82, 2.24) is 4.57 Å². The minimum Gasteiger partial charge on any atom is -0.399 e. The van der Waals surface area contributed by atoms with Crippen LogP contribution in [0.5, 0.6) is 0 Å². The topological polar surface area (TPSA) is 161 Å². The van der Waals surface area contributed by atoms with E-state index in [-0.39, 0.29) is 12.0 Å². The predicted octanol–water partition coefficient (Wildman–Crippen LogP) is 3.63. The Bertz CT molecular complexity index is 1530. The monoisotopic (exact) mass is 481 g/mol. The molecule has 1 heterocycles. The van der Waals surface area contributed by atoms with E-state index in [1.807, 2.05) is 66.3 Å². The number of hydrogen-bond donors (Lipinski definition) is 5. The van der Waals surface area contributed by atoms with Crippen molar-refractivity contribution >= 4 is 51.4 Å². The van der Waals surface area contributed by atoms with E-state index in [9.17, 15) is 4.79 Å². The quantitative estimate of drug-likeness (QED) is 0.127. The van der Waals surface area contributed by atoms with E-state index >= 15 is 0 Å². The molecule has 0 atom stereocenters. The molecule has 4 rings (SSSR count). The molecule has 4 aromatic rings. The predicted molar refractivity (Wildman–Crippen MR) is 146 cm³/mol. The first-order valence-corrected chi connectivity index (χ1v) is 11.1. The number of nitrogens with two attached hydrogens (primary N) is 3. The summed E-state index contributed by atoms with van der Waals surface area (Å²) in [6.07, 6.45) is 1.96. The van der Waals surface area contributed by atoms with Gasteiger partial charge in [-0.1, -0.05) is 12.1 Å². The lowest BCUT2D eigenvalue weighted by Crippen LogP contribution is -2.22. The fourth-order valence-electron chi connectivity index (χ4n) is 3.55. The van der Waals surface area contributed by atoms with Crippen LogP contribution in [0.15, 0.2) is 94.2 Å². The Labute approximate surface area is 207 Å². The lowest BCUT2D eigenvalue weighted by Gasteiger charge is -2.09. The average molecular weight is 482 g/mol. The standard InChI is InChI=1S/C26H27N9O/c1-16(33-34-25(28)29)17-3-6-20(7-4-17)31-26(36)32-21-10-8-19(9-11-21)30-23-13-14-35(2)24-12-5-18(27)15-22(23)24/h3-15H,27H2,1-2H3,(H4,28,29,34)(H2,31,32,36)/b30-23?,33-16+. The van der Waals surface area contributed by atoms with Crippen LogP contribution >= 0.6 is 0 Å². The van der Waals surface area contributed by atoms with E-state index in [0.29, 0.717) is 22.8 Å². The van der Waals surface area contributed by atoms with Gasteiger partial charge in [-0.05, 0) is 73.2 Å². The third kappa shape index (κ3) is 5.86. The van der Waals surface area contributed by atoms with Crippen LogP contribution in [0.25, 0.3) is 10.9 Å². The van der Waals surface area contributed by atoms with Gasteiger partial charge in [0.25, 0.3) is 0 Å². The van der Waals surface area contributed by atoms with Crippen molar-refractivity contribution in [2.45, 2.75) is 6.92 Å². The highest BCUT2D eigenvalue weighted by Crippen LogP contribution is 2.18. The minimum absolute atomic E-state index is 0.112. The molecule has 0 fully saturated rings. The van der Waals surface area contributed by atoms with E-state index in [1.54, 1.807) is 31.2 Å². The van der Waals surface area contributed by atoms with Crippen molar-refractivity contribution in [3.63, 3.8) is 0 Å². The molecule has 182 valence electrons. The summed E-state index contributed by atoms with van der Waals surface area (Å²) in [6, 6.07) is 21.8. The molecular weight excluding hydrogens is 454 g/mol. The summed E-state index contributed by atoms with van der Waals surface area (Å²) in [4.78, 5) is 17.2. The second-order valence-electron chi connectivity index (χ2n) is 8.11. The number of benzene rings is 3. The first-order chi connectivity index (χ1) is 17.3. The summed E-state index contributed by atoms with van der Waals surface area (Å²) in [7, 11) is 1.98. The highest BCUT2D eigenvalue weighted by molar-refractivity contribution is 6.01. The number of aromatic nitrogens is 1. The number of anilines is 3. The number of hydrogen-bond acceptors (Lipinski definition) is 5. The van der Waals surface area contributed by atoms with Crippen molar-refractivity contribution < 1.29 is 4.79 Å². The maximum absolute atomic E-state index is 12.4. The molecule has 0 spiro atoms. The van der Waals surface area contributed by atoms with Gasteiger partial charge in [-0.25, -0.2) is 9.79 Å². The molecule has 10 nitrogen and oxygen atoms in total. The molecule has 0 aliphatic rings. The van der Waals surface area contributed by atoms with Crippen LogP contribution in [-0.2, 0) is 7.05 Å². The Morgan fingerprint density at radius 1 is 0.861 bits per heavy atom. The molecule has 0 radical (unpaired) electrons. The summed E-state index contributed by atoms with van der Waals surface area (Å²) >= 11 is 0. The Kier molecular flexibility index (Phi) is 6.96.